The number of aliphatic hydroxyl groups is 1. The van der Waals surface area contributed by atoms with Gasteiger partial charge < -0.3 is 9.84 Å². The maximum absolute atomic E-state index is 11.2. The molecule has 2 unspecified atom stereocenters. The van der Waals surface area contributed by atoms with Gasteiger partial charge in [-0.15, -0.1) is 0 Å². The Balaban J connectivity index is 4.22. The lowest BCUT2D eigenvalue weighted by atomic mass is 10.1. The number of esters is 1. The zero-order chi connectivity index (χ0) is 11.1. The molecule has 0 saturated carbocycles. The molecule has 0 aromatic rings. The van der Waals surface area contributed by atoms with Gasteiger partial charge in [-0.25, -0.2) is 0 Å². The molecule has 0 aromatic heterocycles. The molecule has 0 rings (SSSR count). The summed E-state index contributed by atoms with van der Waals surface area (Å²) in [6, 6.07) is 0. The molecule has 1 N–H and O–H groups in total. The van der Waals surface area contributed by atoms with Gasteiger partial charge in [0, 0.05) is 6.42 Å². The Morgan fingerprint density at radius 2 is 2.14 bits per heavy atom. The number of hydrogen-bond donors (Lipinski definition) is 1. The summed E-state index contributed by atoms with van der Waals surface area (Å²) in [4.78, 5) is 22.3. The van der Waals surface area contributed by atoms with Gasteiger partial charge in [-0.3, -0.25) is 9.59 Å². The van der Waals surface area contributed by atoms with Crippen molar-refractivity contribution in [1.29, 1.82) is 0 Å². The van der Waals surface area contributed by atoms with Gasteiger partial charge in [0.15, 0.2) is 6.10 Å². The van der Waals surface area contributed by atoms with E-state index in [1.165, 1.54) is 13.0 Å². The van der Waals surface area contributed by atoms with E-state index in [2.05, 4.69) is 6.58 Å². The molecule has 0 bridgehead atoms. The number of carbonyl (C=O) groups is 2. The van der Waals surface area contributed by atoms with Gasteiger partial charge >= 0.3 is 5.97 Å². The van der Waals surface area contributed by atoms with Crippen LogP contribution in [-0.4, -0.2) is 29.1 Å². The Bertz CT molecular complexity index is 220. The Kier molecular flexibility index (Phi) is 5.79. The molecule has 0 aliphatic heterocycles. The summed E-state index contributed by atoms with van der Waals surface area (Å²) in [6.07, 6.45) is -0.0486. The smallest absolute Gasteiger partial charge is 0.306 e. The Morgan fingerprint density at radius 3 is 2.50 bits per heavy atom. The number of ketones is 1. The van der Waals surface area contributed by atoms with E-state index in [1.807, 2.05) is 6.92 Å². The van der Waals surface area contributed by atoms with Gasteiger partial charge in [-0.05, 0) is 19.4 Å². The number of ether oxygens (including phenoxy) is 1. The number of rotatable bonds is 6. The van der Waals surface area contributed by atoms with Crippen LogP contribution in [0.3, 0.4) is 0 Å². The van der Waals surface area contributed by atoms with Crippen LogP contribution in [0.15, 0.2) is 12.7 Å². The van der Waals surface area contributed by atoms with E-state index >= 15 is 0 Å². The first-order valence-electron chi connectivity index (χ1n) is 4.56. The molecule has 0 aliphatic rings. The largest absolute Gasteiger partial charge is 0.450 e. The van der Waals surface area contributed by atoms with Crippen molar-refractivity contribution in [2.45, 2.75) is 38.9 Å². The van der Waals surface area contributed by atoms with E-state index in [4.69, 9.17) is 9.84 Å². The van der Waals surface area contributed by atoms with Crippen LogP contribution >= 0.6 is 0 Å². The monoisotopic (exact) mass is 200 g/mol. The van der Waals surface area contributed by atoms with E-state index in [-0.39, 0.29) is 6.42 Å². The molecule has 0 aliphatic carbocycles. The molecule has 0 saturated heterocycles. The summed E-state index contributed by atoms with van der Waals surface area (Å²) >= 11 is 0. The van der Waals surface area contributed by atoms with Crippen molar-refractivity contribution in [1.82, 2.24) is 0 Å². The highest BCUT2D eigenvalue weighted by molar-refractivity contribution is 5.90. The highest BCUT2D eigenvalue weighted by Crippen LogP contribution is 2.03. The van der Waals surface area contributed by atoms with Crippen molar-refractivity contribution in [2.24, 2.45) is 0 Å². The van der Waals surface area contributed by atoms with Crippen LogP contribution in [0.1, 0.15) is 26.7 Å². The number of Topliss-reactive ketones (excluding diaryl/α,β-unsaturated/α-hetero) is 1. The second-order valence-corrected chi connectivity index (χ2v) is 2.97. The van der Waals surface area contributed by atoms with Gasteiger partial charge in [0.05, 0.1) is 0 Å². The number of hydrogen-bond acceptors (Lipinski definition) is 4. The normalized spacial score (nSPS) is 14.2. The number of carbonyl (C=O) groups excluding carboxylic acids is 2. The summed E-state index contributed by atoms with van der Waals surface area (Å²) in [5.74, 6) is -1.00. The molecule has 0 radical (unpaired) electrons. The van der Waals surface area contributed by atoms with Crippen molar-refractivity contribution in [3.05, 3.63) is 12.7 Å². The van der Waals surface area contributed by atoms with Crippen LogP contribution in [0.5, 0.6) is 0 Å². The zero-order valence-corrected chi connectivity index (χ0v) is 8.53. The molecule has 0 spiro atoms. The lowest BCUT2D eigenvalue weighted by Crippen LogP contribution is -2.32. The third kappa shape index (κ3) is 4.18. The van der Waals surface area contributed by atoms with Crippen molar-refractivity contribution in [2.75, 3.05) is 0 Å². The summed E-state index contributed by atoms with van der Waals surface area (Å²) in [7, 11) is 0. The van der Waals surface area contributed by atoms with E-state index in [0.29, 0.717) is 6.42 Å². The fraction of sp³-hybridized carbons (Fsp3) is 0.600. The first-order valence-corrected chi connectivity index (χ1v) is 4.56. The molecule has 0 aromatic carbocycles. The molecule has 4 nitrogen and oxygen atoms in total. The molecule has 0 heterocycles. The molecule has 80 valence electrons. The molecule has 14 heavy (non-hydrogen) atoms. The molecule has 0 amide bonds. The summed E-state index contributed by atoms with van der Waals surface area (Å²) in [5.41, 5.74) is 0. The fourth-order valence-electron chi connectivity index (χ4n) is 0.865. The van der Waals surface area contributed by atoms with E-state index < -0.39 is 24.0 Å². The van der Waals surface area contributed by atoms with E-state index in [9.17, 15) is 9.59 Å². The van der Waals surface area contributed by atoms with Gasteiger partial charge in [0.1, 0.15) is 6.10 Å². The lowest BCUT2D eigenvalue weighted by molar-refractivity contribution is -0.154. The highest BCUT2D eigenvalue weighted by Gasteiger charge is 2.22. The molecule has 0 fully saturated rings. The maximum atomic E-state index is 11.2. The first kappa shape index (κ1) is 12.8. The third-order valence-corrected chi connectivity index (χ3v) is 1.62. The Morgan fingerprint density at radius 1 is 1.57 bits per heavy atom. The average Bonchev–Trinajstić information content (AvgIpc) is 2.13. The van der Waals surface area contributed by atoms with Gasteiger partial charge in [-0.2, -0.15) is 0 Å². The average molecular weight is 200 g/mol. The second-order valence-electron chi connectivity index (χ2n) is 2.97. The Hall–Kier alpha value is -1.16. The van der Waals surface area contributed by atoms with E-state index in [1.54, 1.807) is 0 Å². The molecular formula is C10H16O4. The van der Waals surface area contributed by atoms with Crippen LogP contribution in [0.4, 0.5) is 0 Å². The van der Waals surface area contributed by atoms with Crippen LogP contribution in [0.2, 0.25) is 0 Å². The van der Waals surface area contributed by atoms with Crippen LogP contribution < -0.4 is 0 Å². The first-order chi connectivity index (χ1) is 6.52. The van der Waals surface area contributed by atoms with E-state index in [0.717, 1.165) is 0 Å². The SMILES string of the molecule is C=CC(OC(=O)CCC)C(=O)C(C)O. The van der Waals surface area contributed by atoms with Gasteiger partial charge in [0.2, 0.25) is 5.78 Å². The minimum absolute atomic E-state index is 0.261. The summed E-state index contributed by atoms with van der Waals surface area (Å²) < 4.78 is 4.80. The van der Waals surface area contributed by atoms with Crippen LogP contribution in [0, 0.1) is 0 Å². The van der Waals surface area contributed by atoms with Crippen LogP contribution in [-0.2, 0) is 14.3 Å². The highest BCUT2D eigenvalue weighted by atomic mass is 16.5. The van der Waals surface area contributed by atoms with Crippen molar-refractivity contribution in [3.8, 4) is 0 Å². The zero-order valence-electron chi connectivity index (χ0n) is 8.53. The van der Waals surface area contributed by atoms with Gasteiger partial charge in [0.25, 0.3) is 0 Å². The standard InChI is InChI=1S/C10H16O4/c1-4-6-9(12)14-8(5-2)10(13)7(3)11/h5,7-8,11H,2,4,6H2,1,3H3. The second kappa shape index (κ2) is 6.32. The minimum Gasteiger partial charge on any atom is -0.450 e. The third-order valence-electron chi connectivity index (χ3n) is 1.62. The molecular weight excluding hydrogens is 184 g/mol. The predicted octanol–water partition coefficient (Wildman–Crippen LogP) is 0.834. The Labute approximate surface area is 83.6 Å². The minimum atomic E-state index is -1.15. The summed E-state index contributed by atoms with van der Waals surface area (Å²) in [5, 5.41) is 8.98. The number of aliphatic hydroxyl groups excluding tert-OH is 1. The lowest BCUT2D eigenvalue weighted by Gasteiger charge is -2.13. The topological polar surface area (TPSA) is 63.6 Å². The molecule has 2 atom stereocenters. The van der Waals surface area contributed by atoms with Crippen molar-refractivity contribution >= 4 is 11.8 Å². The summed E-state index contributed by atoms with van der Waals surface area (Å²) in [6.45, 7) is 6.53. The predicted molar refractivity (Wildman–Crippen MR) is 51.7 cm³/mol. The quantitative estimate of drug-likeness (QED) is 0.509. The maximum Gasteiger partial charge on any atom is 0.306 e. The van der Waals surface area contributed by atoms with Gasteiger partial charge in [-0.1, -0.05) is 13.5 Å². The van der Waals surface area contributed by atoms with Crippen LogP contribution in [0.25, 0.3) is 0 Å². The van der Waals surface area contributed by atoms with Crippen molar-refractivity contribution in [3.63, 3.8) is 0 Å². The fourth-order valence-corrected chi connectivity index (χ4v) is 0.865. The molecule has 4 heteroatoms. The van der Waals surface area contributed by atoms with Crippen molar-refractivity contribution < 1.29 is 19.4 Å².